The first-order valence-electron chi connectivity index (χ1n) is 9.60. The number of hydrogen-bond acceptors (Lipinski definition) is 5. The molecule has 7 nitrogen and oxygen atoms in total. The van der Waals surface area contributed by atoms with E-state index in [2.05, 4.69) is 31.0 Å². The molecule has 26 heavy (non-hydrogen) atoms. The second kappa shape index (κ2) is 7.43. The zero-order valence-corrected chi connectivity index (χ0v) is 15.3. The molecule has 0 unspecified atom stereocenters. The molecule has 1 saturated carbocycles. The number of hydrogen-bond donors (Lipinski definition) is 1. The number of anilines is 1. The highest BCUT2D eigenvalue weighted by atomic mass is 16.2. The molecule has 4 rings (SSSR count). The van der Waals surface area contributed by atoms with E-state index in [4.69, 9.17) is 0 Å². The minimum atomic E-state index is 0.0121. The molecule has 2 aromatic rings. The van der Waals surface area contributed by atoms with E-state index in [-0.39, 0.29) is 5.91 Å². The number of piperidine rings is 1. The monoisotopic (exact) mass is 354 g/mol. The van der Waals surface area contributed by atoms with Crippen LogP contribution in [0.15, 0.2) is 24.8 Å². The molecule has 1 saturated heterocycles. The maximum Gasteiger partial charge on any atom is 0.257 e. The van der Waals surface area contributed by atoms with Crippen LogP contribution in [0.1, 0.15) is 54.7 Å². The van der Waals surface area contributed by atoms with Crippen LogP contribution in [0.25, 0.3) is 0 Å². The summed E-state index contributed by atoms with van der Waals surface area (Å²) < 4.78 is 2.30. The lowest BCUT2D eigenvalue weighted by Crippen LogP contribution is -2.40. The minimum absolute atomic E-state index is 0.0121. The summed E-state index contributed by atoms with van der Waals surface area (Å²) in [5, 5.41) is 3.05. The Kier molecular flexibility index (Phi) is 4.86. The fourth-order valence-corrected chi connectivity index (χ4v) is 3.66. The molecule has 0 spiro atoms. The third kappa shape index (κ3) is 3.71. The molecule has 1 aliphatic carbocycles. The van der Waals surface area contributed by atoms with Gasteiger partial charge >= 0.3 is 0 Å². The Morgan fingerprint density at radius 3 is 2.77 bits per heavy atom. The highest BCUT2D eigenvalue weighted by Gasteiger charge is 2.30. The van der Waals surface area contributed by atoms with Gasteiger partial charge in [0.15, 0.2) is 0 Å². The number of carbonyl (C=O) groups excluding carboxylic acids is 1. The summed E-state index contributed by atoms with van der Waals surface area (Å²) in [6, 6.07) is 0. The molecule has 1 amide bonds. The maximum atomic E-state index is 12.9. The summed E-state index contributed by atoms with van der Waals surface area (Å²) in [5.74, 6) is 2.83. The van der Waals surface area contributed by atoms with Crippen molar-refractivity contribution >= 4 is 11.9 Å². The standard InChI is InChI=1S/C19H26N6O/c1-2-20-19-22-10-16(11-23-19)18(26)25-8-3-4-15(13-25)17-21-7-9-24(17)12-14-5-6-14/h7,9-11,14-15H,2-6,8,12-13H2,1H3,(H,20,22,23)/t15-/m0/s1. The van der Waals surface area contributed by atoms with E-state index in [9.17, 15) is 4.79 Å². The first-order chi connectivity index (χ1) is 12.7. The molecule has 3 heterocycles. The van der Waals surface area contributed by atoms with E-state index in [1.807, 2.05) is 18.0 Å². The van der Waals surface area contributed by atoms with Gasteiger partial charge in [-0.2, -0.15) is 0 Å². The van der Waals surface area contributed by atoms with Crippen molar-refractivity contribution in [1.82, 2.24) is 24.4 Å². The molecular weight excluding hydrogens is 328 g/mol. The van der Waals surface area contributed by atoms with E-state index in [0.29, 0.717) is 17.4 Å². The average Bonchev–Trinajstić information content (AvgIpc) is 3.37. The number of amides is 1. The summed E-state index contributed by atoms with van der Waals surface area (Å²) in [4.78, 5) is 27.8. The maximum absolute atomic E-state index is 12.9. The topological polar surface area (TPSA) is 75.9 Å². The van der Waals surface area contributed by atoms with Gasteiger partial charge in [0.25, 0.3) is 5.91 Å². The van der Waals surface area contributed by atoms with Crippen LogP contribution >= 0.6 is 0 Å². The fraction of sp³-hybridized carbons (Fsp3) is 0.579. The van der Waals surface area contributed by atoms with Crippen molar-refractivity contribution in [2.45, 2.75) is 45.1 Å². The van der Waals surface area contributed by atoms with Crippen molar-refractivity contribution in [3.05, 3.63) is 36.2 Å². The van der Waals surface area contributed by atoms with Crippen LogP contribution in [0.2, 0.25) is 0 Å². The largest absolute Gasteiger partial charge is 0.355 e. The Morgan fingerprint density at radius 1 is 1.23 bits per heavy atom. The van der Waals surface area contributed by atoms with Crippen molar-refractivity contribution in [2.75, 3.05) is 25.0 Å². The van der Waals surface area contributed by atoms with E-state index in [0.717, 1.165) is 50.8 Å². The van der Waals surface area contributed by atoms with Crippen LogP contribution in [-0.2, 0) is 6.54 Å². The van der Waals surface area contributed by atoms with Crippen LogP contribution in [0.4, 0.5) is 5.95 Å². The van der Waals surface area contributed by atoms with Crippen molar-refractivity contribution < 1.29 is 4.79 Å². The Labute approximate surface area is 153 Å². The van der Waals surface area contributed by atoms with Gasteiger partial charge in [-0.3, -0.25) is 4.79 Å². The van der Waals surface area contributed by atoms with Crippen molar-refractivity contribution in [1.29, 1.82) is 0 Å². The van der Waals surface area contributed by atoms with Crippen LogP contribution < -0.4 is 5.32 Å². The summed E-state index contributed by atoms with van der Waals surface area (Å²) in [5.41, 5.74) is 0.550. The van der Waals surface area contributed by atoms with Gasteiger partial charge < -0.3 is 14.8 Å². The van der Waals surface area contributed by atoms with E-state index < -0.39 is 0 Å². The fourth-order valence-electron chi connectivity index (χ4n) is 3.66. The van der Waals surface area contributed by atoms with Gasteiger partial charge in [-0.25, -0.2) is 15.0 Å². The Bertz CT molecular complexity index is 752. The Morgan fingerprint density at radius 2 is 2.04 bits per heavy atom. The molecule has 7 heteroatoms. The predicted molar refractivity (Wildman–Crippen MR) is 99.0 cm³/mol. The lowest BCUT2D eigenvalue weighted by Gasteiger charge is -2.32. The second-order valence-corrected chi connectivity index (χ2v) is 7.30. The third-order valence-corrected chi connectivity index (χ3v) is 5.21. The van der Waals surface area contributed by atoms with Gasteiger partial charge in [0.1, 0.15) is 5.82 Å². The van der Waals surface area contributed by atoms with Crippen LogP contribution in [-0.4, -0.2) is 50.0 Å². The van der Waals surface area contributed by atoms with E-state index >= 15 is 0 Å². The summed E-state index contributed by atoms with van der Waals surface area (Å²) in [6.45, 7) is 5.32. The predicted octanol–water partition coefficient (Wildman–Crippen LogP) is 2.53. The number of nitrogens with one attached hydrogen (secondary N) is 1. The zero-order valence-electron chi connectivity index (χ0n) is 15.3. The number of nitrogens with zero attached hydrogens (tertiary/aromatic N) is 5. The van der Waals surface area contributed by atoms with Gasteiger partial charge in [0, 0.05) is 56.9 Å². The van der Waals surface area contributed by atoms with E-state index in [1.54, 1.807) is 12.4 Å². The lowest BCUT2D eigenvalue weighted by atomic mass is 9.96. The smallest absolute Gasteiger partial charge is 0.257 e. The number of likely N-dealkylation sites (tertiary alicyclic amines) is 1. The molecule has 2 aliphatic rings. The first-order valence-corrected chi connectivity index (χ1v) is 9.60. The van der Waals surface area contributed by atoms with Crippen molar-refractivity contribution in [2.24, 2.45) is 5.92 Å². The van der Waals surface area contributed by atoms with Gasteiger partial charge in [-0.05, 0) is 38.5 Å². The lowest BCUT2D eigenvalue weighted by molar-refractivity contribution is 0.0702. The molecule has 2 aromatic heterocycles. The van der Waals surface area contributed by atoms with Crippen LogP contribution in [0, 0.1) is 5.92 Å². The normalized spacial score (nSPS) is 20.2. The zero-order chi connectivity index (χ0) is 17.9. The summed E-state index contributed by atoms with van der Waals surface area (Å²) >= 11 is 0. The van der Waals surface area contributed by atoms with Crippen LogP contribution in [0.5, 0.6) is 0 Å². The Hall–Kier alpha value is -2.44. The van der Waals surface area contributed by atoms with Gasteiger partial charge in [0.2, 0.25) is 5.95 Å². The summed E-state index contributed by atoms with van der Waals surface area (Å²) in [6.07, 6.45) is 12.0. The average molecular weight is 354 g/mol. The summed E-state index contributed by atoms with van der Waals surface area (Å²) in [7, 11) is 0. The molecule has 0 aromatic carbocycles. The van der Waals surface area contributed by atoms with Crippen LogP contribution in [0.3, 0.4) is 0 Å². The number of carbonyl (C=O) groups is 1. The first kappa shape index (κ1) is 17.0. The minimum Gasteiger partial charge on any atom is -0.355 e. The van der Waals surface area contributed by atoms with Gasteiger partial charge in [0.05, 0.1) is 5.56 Å². The van der Waals surface area contributed by atoms with Gasteiger partial charge in [-0.1, -0.05) is 0 Å². The second-order valence-electron chi connectivity index (χ2n) is 7.30. The SMILES string of the molecule is CCNc1ncc(C(=O)N2CCC[C@H](c3nccn3CC3CC3)C2)cn1. The van der Waals surface area contributed by atoms with E-state index in [1.165, 1.54) is 12.8 Å². The molecule has 1 N–H and O–H groups in total. The Balaban J connectivity index is 1.44. The molecule has 2 fully saturated rings. The van der Waals surface area contributed by atoms with Gasteiger partial charge in [-0.15, -0.1) is 0 Å². The van der Waals surface area contributed by atoms with Crippen molar-refractivity contribution in [3.63, 3.8) is 0 Å². The molecular formula is C19H26N6O. The highest BCUT2D eigenvalue weighted by molar-refractivity contribution is 5.93. The third-order valence-electron chi connectivity index (χ3n) is 5.21. The quantitative estimate of drug-likeness (QED) is 0.863. The molecule has 138 valence electrons. The molecule has 0 radical (unpaired) electrons. The molecule has 1 aliphatic heterocycles. The number of aromatic nitrogens is 4. The molecule has 0 bridgehead atoms. The number of rotatable bonds is 6. The molecule has 1 atom stereocenters. The number of imidazole rings is 1. The highest BCUT2D eigenvalue weighted by Crippen LogP contribution is 2.33. The van der Waals surface area contributed by atoms with Crippen molar-refractivity contribution in [3.8, 4) is 0 Å².